The average molecular weight is 304 g/mol. The number of carboxylic acid groups (broad SMARTS) is 1. The van der Waals surface area contributed by atoms with Crippen LogP contribution >= 0.6 is 0 Å². The van der Waals surface area contributed by atoms with Gasteiger partial charge in [-0.15, -0.1) is 0 Å². The van der Waals surface area contributed by atoms with E-state index in [1.54, 1.807) is 0 Å². The van der Waals surface area contributed by atoms with Crippen LogP contribution < -0.4 is 5.32 Å². The van der Waals surface area contributed by atoms with Crippen LogP contribution in [0.5, 0.6) is 0 Å². The number of hydrogen-bond donors (Lipinski definition) is 2. The number of aryl methyl sites for hydroxylation is 2. The summed E-state index contributed by atoms with van der Waals surface area (Å²) >= 11 is 0. The molecule has 1 unspecified atom stereocenters. The topological polar surface area (TPSA) is 86.7 Å². The Bertz CT molecular complexity index is 641. The highest BCUT2D eigenvalue weighted by Gasteiger charge is 2.51. The Hall–Kier alpha value is -2.37. The second kappa shape index (κ2) is 5.79. The smallest absolute Gasteiger partial charge is 0.325 e. The molecule has 6 nitrogen and oxygen atoms in total. The number of aliphatic carboxylic acids is 1. The third-order valence-corrected chi connectivity index (χ3v) is 4.26. The summed E-state index contributed by atoms with van der Waals surface area (Å²) < 4.78 is 0. The van der Waals surface area contributed by atoms with Crippen LogP contribution in [0.15, 0.2) is 18.2 Å². The van der Waals surface area contributed by atoms with Gasteiger partial charge in [0.25, 0.3) is 5.91 Å². The van der Waals surface area contributed by atoms with Crippen LogP contribution in [0.1, 0.15) is 36.5 Å². The minimum absolute atomic E-state index is 0.118. The fourth-order valence-corrected chi connectivity index (χ4v) is 2.68. The number of rotatable bonds is 5. The van der Waals surface area contributed by atoms with Gasteiger partial charge in [0.05, 0.1) is 6.42 Å². The van der Waals surface area contributed by atoms with Gasteiger partial charge in [-0.3, -0.25) is 14.5 Å². The Balaban J connectivity index is 2.38. The Kier molecular flexibility index (Phi) is 4.21. The first kappa shape index (κ1) is 16.0. The molecule has 0 bridgehead atoms. The summed E-state index contributed by atoms with van der Waals surface area (Å²) in [4.78, 5) is 36.5. The zero-order valence-electron chi connectivity index (χ0n) is 13.0. The second-order valence-electron chi connectivity index (χ2n) is 5.59. The van der Waals surface area contributed by atoms with E-state index in [2.05, 4.69) is 5.32 Å². The molecule has 1 fully saturated rings. The van der Waals surface area contributed by atoms with Gasteiger partial charge < -0.3 is 10.4 Å². The van der Waals surface area contributed by atoms with Crippen molar-refractivity contribution in [3.63, 3.8) is 0 Å². The summed E-state index contributed by atoms with van der Waals surface area (Å²) in [6.07, 6.45) is 0.148. The minimum atomic E-state index is -1.10. The molecule has 3 amide bonds. The molecule has 1 aromatic rings. The molecular formula is C16H20N2O4. The monoisotopic (exact) mass is 304 g/mol. The number of nitrogens with one attached hydrogen (secondary N) is 1. The molecule has 6 heteroatoms. The molecule has 0 saturated carbocycles. The molecule has 1 saturated heterocycles. The van der Waals surface area contributed by atoms with Gasteiger partial charge in [-0.1, -0.05) is 25.1 Å². The molecule has 1 heterocycles. The van der Waals surface area contributed by atoms with Crippen molar-refractivity contribution in [3.8, 4) is 0 Å². The standard InChI is InChI=1S/C16H20N2O4/c1-4-16(12-6-5-10(2)11(3)9-12)14(21)18(15(22)17-16)8-7-13(19)20/h5-6,9H,4,7-8H2,1-3H3,(H,17,22)(H,19,20). The number of amides is 3. The number of benzene rings is 1. The van der Waals surface area contributed by atoms with Gasteiger partial charge in [-0.25, -0.2) is 4.79 Å². The summed E-state index contributed by atoms with van der Waals surface area (Å²) in [5.41, 5.74) is 1.77. The molecule has 0 aliphatic carbocycles. The average Bonchev–Trinajstić information content (AvgIpc) is 2.71. The van der Waals surface area contributed by atoms with Crippen LogP contribution in [0.25, 0.3) is 0 Å². The molecule has 1 aromatic carbocycles. The summed E-state index contributed by atoms with van der Waals surface area (Å²) in [5, 5.41) is 11.5. The lowest BCUT2D eigenvalue weighted by Crippen LogP contribution is -2.43. The molecule has 0 aromatic heterocycles. The predicted octanol–water partition coefficient (Wildman–Crippen LogP) is 1.94. The second-order valence-corrected chi connectivity index (χ2v) is 5.59. The first-order valence-electron chi connectivity index (χ1n) is 7.25. The van der Waals surface area contributed by atoms with Gasteiger partial charge in [-0.2, -0.15) is 0 Å². The maximum atomic E-state index is 12.7. The third kappa shape index (κ3) is 2.56. The first-order valence-corrected chi connectivity index (χ1v) is 7.25. The fourth-order valence-electron chi connectivity index (χ4n) is 2.68. The van der Waals surface area contributed by atoms with Crippen LogP contribution in [-0.2, 0) is 15.1 Å². The number of hydrogen-bond acceptors (Lipinski definition) is 3. The lowest BCUT2D eigenvalue weighted by atomic mass is 9.85. The van der Waals surface area contributed by atoms with Gasteiger partial charge in [0.1, 0.15) is 5.54 Å². The number of carboxylic acids is 1. The molecular weight excluding hydrogens is 284 g/mol. The predicted molar refractivity (Wildman–Crippen MR) is 80.4 cm³/mol. The van der Waals surface area contributed by atoms with Crippen LogP contribution in [0.4, 0.5) is 4.79 Å². The van der Waals surface area contributed by atoms with E-state index in [9.17, 15) is 14.4 Å². The number of carbonyl (C=O) groups is 3. The van der Waals surface area contributed by atoms with E-state index in [0.29, 0.717) is 6.42 Å². The summed E-state index contributed by atoms with van der Waals surface area (Å²) in [6, 6.07) is 5.12. The van der Waals surface area contributed by atoms with E-state index < -0.39 is 17.5 Å². The molecule has 0 radical (unpaired) electrons. The van der Waals surface area contributed by atoms with Crippen LogP contribution in [0.2, 0.25) is 0 Å². The Morgan fingerprint density at radius 2 is 1.95 bits per heavy atom. The van der Waals surface area contributed by atoms with Crippen molar-refractivity contribution in [1.82, 2.24) is 10.2 Å². The highest BCUT2D eigenvalue weighted by molar-refractivity contribution is 6.07. The van der Waals surface area contributed by atoms with Gasteiger partial charge in [0.15, 0.2) is 0 Å². The number of urea groups is 1. The highest BCUT2D eigenvalue weighted by Crippen LogP contribution is 2.33. The summed E-state index contributed by atoms with van der Waals surface area (Å²) in [6.45, 7) is 5.64. The van der Waals surface area contributed by atoms with Crippen molar-refractivity contribution in [1.29, 1.82) is 0 Å². The lowest BCUT2D eigenvalue weighted by molar-refractivity contribution is -0.138. The van der Waals surface area contributed by atoms with Crippen molar-refractivity contribution < 1.29 is 19.5 Å². The molecule has 1 atom stereocenters. The van der Waals surface area contributed by atoms with Crippen molar-refractivity contribution in [2.45, 2.75) is 39.2 Å². The SMILES string of the molecule is CCC1(c2ccc(C)c(C)c2)NC(=O)N(CCC(=O)O)C1=O. The van der Waals surface area contributed by atoms with Gasteiger partial charge in [0.2, 0.25) is 0 Å². The Labute approximate surface area is 129 Å². The summed E-state index contributed by atoms with van der Waals surface area (Å²) in [7, 11) is 0. The van der Waals surface area contributed by atoms with Crippen molar-refractivity contribution in [3.05, 3.63) is 34.9 Å². The van der Waals surface area contributed by atoms with E-state index in [0.717, 1.165) is 21.6 Å². The maximum Gasteiger partial charge on any atom is 0.325 e. The van der Waals surface area contributed by atoms with E-state index >= 15 is 0 Å². The van der Waals surface area contributed by atoms with Gasteiger partial charge >= 0.3 is 12.0 Å². The fraction of sp³-hybridized carbons (Fsp3) is 0.438. The van der Waals surface area contributed by atoms with Crippen molar-refractivity contribution in [2.24, 2.45) is 0 Å². The zero-order chi connectivity index (χ0) is 16.5. The Morgan fingerprint density at radius 3 is 2.50 bits per heavy atom. The number of carbonyl (C=O) groups excluding carboxylic acids is 2. The Morgan fingerprint density at radius 1 is 1.27 bits per heavy atom. The maximum absolute atomic E-state index is 12.7. The highest BCUT2D eigenvalue weighted by atomic mass is 16.4. The molecule has 0 spiro atoms. The normalized spacial score (nSPS) is 21.1. The van der Waals surface area contributed by atoms with E-state index in [-0.39, 0.29) is 18.9 Å². The third-order valence-electron chi connectivity index (χ3n) is 4.26. The molecule has 22 heavy (non-hydrogen) atoms. The van der Waals surface area contributed by atoms with Gasteiger partial charge in [0, 0.05) is 6.54 Å². The molecule has 1 aliphatic rings. The molecule has 2 N–H and O–H groups in total. The number of imide groups is 1. The quantitative estimate of drug-likeness (QED) is 0.814. The lowest BCUT2D eigenvalue weighted by Gasteiger charge is -2.26. The van der Waals surface area contributed by atoms with E-state index in [1.807, 2.05) is 39.0 Å². The molecule has 1 aliphatic heterocycles. The van der Waals surface area contributed by atoms with Gasteiger partial charge in [-0.05, 0) is 37.0 Å². The van der Waals surface area contributed by atoms with Crippen LogP contribution in [0, 0.1) is 13.8 Å². The van der Waals surface area contributed by atoms with Crippen LogP contribution in [0.3, 0.4) is 0 Å². The van der Waals surface area contributed by atoms with Crippen molar-refractivity contribution >= 4 is 17.9 Å². The minimum Gasteiger partial charge on any atom is -0.481 e. The summed E-state index contributed by atoms with van der Waals surface area (Å²) in [5.74, 6) is -1.43. The van der Waals surface area contributed by atoms with Crippen molar-refractivity contribution in [2.75, 3.05) is 6.54 Å². The zero-order valence-corrected chi connectivity index (χ0v) is 13.0. The van der Waals surface area contributed by atoms with E-state index in [4.69, 9.17) is 5.11 Å². The molecule has 2 rings (SSSR count). The largest absolute Gasteiger partial charge is 0.481 e. The van der Waals surface area contributed by atoms with E-state index in [1.165, 1.54) is 0 Å². The van der Waals surface area contributed by atoms with Crippen LogP contribution in [-0.4, -0.2) is 34.5 Å². The molecule has 118 valence electrons. The number of nitrogens with zero attached hydrogens (tertiary/aromatic N) is 1. The first-order chi connectivity index (χ1) is 10.3.